The number of hydrogen-bond donors (Lipinski definition) is 2. The molecule has 5 nitrogen and oxygen atoms in total. The van der Waals surface area contributed by atoms with Crippen LogP contribution in [0.25, 0.3) is 0 Å². The van der Waals surface area contributed by atoms with E-state index in [0.29, 0.717) is 51.7 Å². The van der Waals surface area contributed by atoms with Crippen LogP contribution in [0, 0.1) is 0 Å². The van der Waals surface area contributed by atoms with Gasteiger partial charge < -0.3 is 24.4 Å². The number of aliphatic hydroxyl groups excluding tert-OH is 2. The molecule has 0 aliphatic carbocycles. The summed E-state index contributed by atoms with van der Waals surface area (Å²) < 4.78 is 19.2. The molecular weight excluding hydrogens is 392 g/mol. The maximum atomic E-state index is 10.5. The van der Waals surface area contributed by atoms with Gasteiger partial charge in [0.05, 0.1) is 25.4 Å². The standard InChI is InChI=1S/C26H34O5/c27-23-13-17-29-25(19-23,15-11-21-7-3-1-4-8-21)31-26(20-24(28)14-18-30-26)16-12-22-9-5-2-6-10-22/h1-10,23-24,27-28H,11-20H2. The van der Waals surface area contributed by atoms with E-state index in [2.05, 4.69) is 24.3 Å². The SMILES string of the molecule is OC1CCOC(CCc2ccccc2)(OC2(CCc3ccccc3)CC(O)CCO2)C1. The van der Waals surface area contributed by atoms with Crippen molar-refractivity contribution in [1.29, 1.82) is 0 Å². The van der Waals surface area contributed by atoms with Crippen molar-refractivity contribution in [2.24, 2.45) is 0 Å². The van der Waals surface area contributed by atoms with Crippen LogP contribution in [0.5, 0.6) is 0 Å². The molecule has 4 rings (SSSR count). The second-order valence-electron chi connectivity index (χ2n) is 8.88. The van der Waals surface area contributed by atoms with Crippen molar-refractivity contribution < 1.29 is 24.4 Å². The summed E-state index contributed by atoms with van der Waals surface area (Å²) in [7, 11) is 0. The van der Waals surface area contributed by atoms with Crippen LogP contribution in [0.2, 0.25) is 0 Å². The van der Waals surface area contributed by atoms with E-state index in [-0.39, 0.29) is 0 Å². The van der Waals surface area contributed by atoms with Gasteiger partial charge in [-0.05, 0) is 36.8 Å². The molecule has 2 aromatic rings. The van der Waals surface area contributed by atoms with Crippen LogP contribution in [0.1, 0.15) is 49.7 Å². The highest BCUT2D eigenvalue weighted by Crippen LogP contribution is 2.41. The van der Waals surface area contributed by atoms with E-state index in [1.54, 1.807) is 0 Å². The number of ether oxygens (including phenoxy) is 3. The van der Waals surface area contributed by atoms with Crippen LogP contribution in [0.15, 0.2) is 60.7 Å². The molecule has 168 valence electrons. The Hall–Kier alpha value is -1.76. The smallest absolute Gasteiger partial charge is 0.174 e. The van der Waals surface area contributed by atoms with Crippen molar-refractivity contribution in [2.45, 2.75) is 75.1 Å². The number of benzene rings is 2. The molecular formula is C26H34O5. The maximum absolute atomic E-state index is 10.5. The van der Waals surface area contributed by atoms with Crippen LogP contribution in [-0.2, 0) is 27.1 Å². The van der Waals surface area contributed by atoms with E-state index in [1.807, 2.05) is 36.4 Å². The molecule has 4 atom stereocenters. The van der Waals surface area contributed by atoms with Crippen molar-refractivity contribution in [2.75, 3.05) is 13.2 Å². The van der Waals surface area contributed by atoms with Crippen molar-refractivity contribution in [3.63, 3.8) is 0 Å². The van der Waals surface area contributed by atoms with Crippen molar-refractivity contribution >= 4 is 0 Å². The normalized spacial score (nSPS) is 31.4. The summed E-state index contributed by atoms with van der Waals surface area (Å²) in [5.74, 6) is -1.86. The molecule has 0 spiro atoms. The summed E-state index contributed by atoms with van der Waals surface area (Å²) in [5, 5.41) is 20.9. The van der Waals surface area contributed by atoms with Crippen LogP contribution in [0.3, 0.4) is 0 Å². The molecule has 2 aromatic carbocycles. The second-order valence-corrected chi connectivity index (χ2v) is 8.88. The van der Waals surface area contributed by atoms with E-state index in [4.69, 9.17) is 14.2 Å². The van der Waals surface area contributed by atoms with Gasteiger partial charge in [0, 0.05) is 25.7 Å². The highest BCUT2D eigenvalue weighted by Gasteiger charge is 2.48. The molecule has 0 saturated carbocycles. The average molecular weight is 427 g/mol. The Morgan fingerprint density at radius 2 is 1.13 bits per heavy atom. The van der Waals surface area contributed by atoms with Gasteiger partial charge in [-0.15, -0.1) is 0 Å². The van der Waals surface area contributed by atoms with Crippen LogP contribution in [0.4, 0.5) is 0 Å². The molecule has 0 amide bonds. The molecule has 2 aliphatic heterocycles. The van der Waals surface area contributed by atoms with Gasteiger partial charge in [0.15, 0.2) is 11.6 Å². The van der Waals surface area contributed by atoms with Gasteiger partial charge in [-0.3, -0.25) is 0 Å². The minimum Gasteiger partial charge on any atom is -0.393 e. The molecule has 2 N–H and O–H groups in total. The zero-order valence-electron chi connectivity index (χ0n) is 18.1. The first-order valence-corrected chi connectivity index (χ1v) is 11.5. The molecule has 2 heterocycles. The lowest BCUT2D eigenvalue weighted by Gasteiger charge is -2.48. The number of rotatable bonds is 8. The number of hydrogen-bond acceptors (Lipinski definition) is 5. The highest BCUT2D eigenvalue weighted by atomic mass is 16.8. The quantitative estimate of drug-likeness (QED) is 0.668. The van der Waals surface area contributed by atoms with Gasteiger partial charge in [-0.25, -0.2) is 0 Å². The summed E-state index contributed by atoms with van der Waals surface area (Å²) in [6.45, 7) is 0.903. The van der Waals surface area contributed by atoms with Gasteiger partial charge in [-0.1, -0.05) is 60.7 Å². The van der Waals surface area contributed by atoms with Crippen molar-refractivity contribution in [3.05, 3.63) is 71.8 Å². The number of aryl methyl sites for hydroxylation is 2. The van der Waals surface area contributed by atoms with E-state index in [0.717, 1.165) is 12.8 Å². The Labute approximate surface area is 185 Å². The third-order valence-corrected chi connectivity index (χ3v) is 6.37. The minimum atomic E-state index is -0.929. The molecule has 0 radical (unpaired) electrons. The summed E-state index contributed by atoms with van der Waals surface area (Å²) in [5.41, 5.74) is 2.41. The van der Waals surface area contributed by atoms with Crippen molar-refractivity contribution in [3.8, 4) is 0 Å². The number of aliphatic hydroxyl groups is 2. The van der Waals surface area contributed by atoms with Gasteiger partial charge in [-0.2, -0.15) is 0 Å². The fourth-order valence-electron chi connectivity index (χ4n) is 4.69. The van der Waals surface area contributed by atoms with Crippen LogP contribution in [-0.4, -0.2) is 47.2 Å². The zero-order valence-corrected chi connectivity index (χ0v) is 18.1. The lowest BCUT2D eigenvalue weighted by Crippen LogP contribution is -2.55. The molecule has 2 aliphatic rings. The molecule has 2 saturated heterocycles. The molecule has 5 heteroatoms. The lowest BCUT2D eigenvalue weighted by molar-refractivity contribution is -0.391. The molecule has 0 aromatic heterocycles. The van der Waals surface area contributed by atoms with Crippen molar-refractivity contribution in [1.82, 2.24) is 0 Å². The predicted octanol–water partition coefficient (Wildman–Crippen LogP) is 4.00. The fraction of sp³-hybridized carbons (Fsp3) is 0.538. The van der Waals surface area contributed by atoms with Crippen LogP contribution < -0.4 is 0 Å². The van der Waals surface area contributed by atoms with E-state index in [1.165, 1.54) is 11.1 Å². The Balaban J connectivity index is 1.54. The maximum Gasteiger partial charge on any atom is 0.174 e. The summed E-state index contributed by atoms with van der Waals surface area (Å²) in [6, 6.07) is 20.5. The van der Waals surface area contributed by atoms with Gasteiger partial charge in [0.25, 0.3) is 0 Å². The van der Waals surface area contributed by atoms with Gasteiger partial charge in [0.1, 0.15) is 0 Å². The van der Waals surface area contributed by atoms with Crippen LogP contribution >= 0.6 is 0 Å². The molecule has 0 bridgehead atoms. The Morgan fingerprint density at radius 1 is 0.710 bits per heavy atom. The molecule has 31 heavy (non-hydrogen) atoms. The van der Waals surface area contributed by atoms with E-state index in [9.17, 15) is 10.2 Å². The van der Waals surface area contributed by atoms with Gasteiger partial charge in [0.2, 0.25) is 0 Å². The third kappa shape index (κ3) is 6.15. The Kier molecular flexibility index (Phi) is 7.41. The minimum absolute atomic E-state index is 0.409. The Morgan fingerprint density at radius 3 is 1.52 bits per heavy atom. The topological polar surface area (TPSA) is 68.2 Å². The summed E-state index contributed by atoms with van der Waals surface area (Å²) >= 11 is 0. The first kappa shape index (κ1) is 22.4. The summed E-state index contributed by atoms with van der Waals surface area (Å²) in [4.78, 5) is 0. The molecule has 4 unspecified atom stereocenters. The first-order valence-electron chi connectivity index (χ1n) is 11.5. The predicted molar refractivity (Wildman–Crippen MR) is 118 cm³/mol. The van der Waals surface area contributed by atoms with E-state index >= 15 is 0 Å². The largest absolute Gasteiger partial charge is 0.393 e. The summed E-state index contributed by atoms with van der Waals surface area (Å²) in [6.07, 6.45) is 3.91. The third-order valence-electron chi connectivity index (χ3n) is 6.37. The highest BCUT2D eigenvalue weighted by molar-refractivity contribution is 5.16. The second kappa shape index (κ2) is 10.2. The van der Waals surface area contributed by atoms with Gasteiger partial charge >= 0.3 is 0 Å². The monoisotopic (exact) mass is 426 g/mol. The zero-order chi connectivity index (χ0) is 21.6. The molecule has 2 fully saturated rings. The lowest BCUT2D eigenvalue weighted by atomic mass is 9.92. The van der Waals surface area contributed by atoms with E-state index < -0.39 is 23.8 Å². The Bertz CT molecular complexity index is 730. The average Bonchev–Trinajstić information content (AvgIpc) is 2.78. The fourth-order valence-corrected chi connectivity index (χ4v) is 4.69. The first-order chi connectivity index (χ1) is 15.1.